The fraction of sp³-hybridized carbons (Fsp3) is 0.731. The first-order valence-electron chi connectivity index (χ1n) is 12.1. The Hall–Kier alpha value is -1.00. The Morgan fingerprint density at radius 2 is 1.73 bits per heavy atom. The van der Waals surface area contributed by atoms with Crippen LogP contribution in [0, 0.1) is 29.1 Å². The average molecular weight is 427 g/mol. The van der Waals surface area contributed by atoms with E-state index >= 15 is 0 Å². The van der Waals surface area contributed by atoms with Gasteiger partial charge in [0.05, 0.1) is 0 Å². The molecule has 5 fully saturated rings. The summed E-state index contributed by atoms with van der Waals surface area (Å²) in [6.07, 6.45) is 13.1. The van der Waals surface area contributed by atoms with E-state index in [1.807, 2.05) is 11.8 Å². The lowest BCUT2D eigenvalue weighted by molar-refractivity contribution is -0.148. The predicted octanol–water partition coefficient (Wildman–Crippen LogP) is 4.75. The molecule has 2 atom stereocenters. The van der Waals surface area contributed by atoms with E-state index in [9.17, 15) is 4.79 Å². The number of carbonyl (C=O) groups excluding carboxylic acids is 1. The molecule has 2 unspecified atom stereocenters. The second kappa shape index (κ2) is 8.16. The van der Waals surface area contributed by atoms with Gasteiger partial charge in [0.15, 0.2) is 0 Å². The predicted molar refractivity (Wildman–Crippen MR) is 125 cm³/mol. The fourth-order valence-electron chi connectivity index (χ4n) is 8.20. The number of hydrogen-bond acceptors (Lipinski definition) is 3. The largest absolute Gasteiger partial charge is 0.353 e. The van der Waals surface area contributed by atoms with E-state index in [0.717, 1.165) is 19.4 Å². The van der Waals surface area contributed by atoms with E-state index in [1.165, 1.54) is 56.3 Å². The van der Waals surface area contributed by atoms with Crippen molar-refractivity contribution in [3.05, 3.63) is 35.9 Å². The van der Waals surface area contributed by atoms with Crippen LogP contribution in [0.2, 0.25) is 0 Å². The minimum Gasteiger partial charge on any atom is -0.353 e. The maximum Gasteiger partial charge on any atom is 0.223 e. The van der Waals surface area contributed by atoms with Gasteiger partial charge in [0.1, 0.15) is 0 Å². The number of nitrogens with two attached hydrogens (primary N) is 1. The lowest BCUT2D eigenvalue weighted by Crippen LogP contribution is -2.61. The summed E-state index contributed by atoms with van der Waals surface area (Å²) >= 11 is 2.01. The third-order valence-corrected chi connectivity index (χ3v) is 9.99. The first kappa shape index (κ1) is 20.9. The third kappa shape index (κ3) is 3.62. The average Bonchev–Trinajstić information content (AvgIpc) is 2.74. The Morgan fingerprint density at radius 1 is 1.07 bits per heavy atom. The van der Waals surface area contributed by atoms with Gasteiger partial charge in [-0.25, -0.2) is 0 Å². The Labute approximate surface area is 186 Å². The number of benzene rings is 1. The monoisotopic (exact) mass is 426 g/mol. The van der Waals surface area contributed by atoms with Gasteiger partial charge in [-0.1, -0.05) is 30.3 Å². The van der Waals surface area contributed by atoms with Crippen LogP contribution in [-0.2, 0) is 10.2 Å². The van der Waals surface area contributed by atoms with Crippen LogP contribution in [-0.4, -0.2) is 30.5 Å². The minimum absolute atomic E-state index is 0.240. The highest BCUT2D eigenvalue weighted by Crippen LogP contribution is 2.68. The summed E-state index contributed by atoms with van der Waals surface area (Å²) in [4.78, 5) is 13.5. The molecule has 5 aliphatic carbocycles. The molecule has 6 rings (SSSR count). The van der Waals surface area contributed by atoms with E-state index in [0.29, 0.717) is 40.5 Å². The summed E-state index contributed by atoms with van der Waals surface area (Å²) in [5.41, 5.74) is 8.13. The van der Waals surface area contributed by atoms with Gasteiger partial charge in [-0.3, -0.25) is 4.79 Å². The standard InChI is InChI=1S/C26H38N2OS/c1-30-17-25-11-19-13-26(16-25,21-5-3-2-4-6-21)14-20(12-25)23(19)24(29)28-22-9-7-18(15-27)8-10-22/h2-6,18-20,22-23H,7-17,27H2,1H3,(H,28,29)/t18-,19?,20?,22-,23?,25?,26?. The molecule has 0 aliphatic heterocycles. The lowest BCUT2D eigenvalue weighted by Gasteiger charge is -2.65. The van der Waals surface area contributed by atoms with E-state index in [4.69, 9.17) is 5.73 Å². The maximum absolute atomic E-state index is 13.5. The van der Waals surface area contributed by atoms with Crippen molar-refractivity contribution in [1.82, 2.24) is 5.32 Å². The summed E-state index contributed by atoms with van der Waals surface area (Å²) in [5.74, 6) is 3.65. The molecule has 0 aromatic heterocycles. The molecular formula is C26H38N2OS. The molecule has 5 aliphatic rings. The van der Waals surface area contributed by atoms with Gasteiger partial charge in [0.25, 0.3) is 0 Å². The van der Waals surface area contributed by atoms with Gasteiger partial charge in [-0.2, -0.15) is 11.8 Å². The molecule has 1 amide bonds. The number of amides is 1. The molecule has 5 saturated carbocycles. The smallest absolute Gasteiger partial charge is 0.223 e. The second-order valence-corrected chi connectivity index (χ2v) is 11.9. The summed E-state index contributed by atoms with van der Waals surface area (Å²) in [7, 11) is 0. The first-order chi connectivity index (χ1) is 14.6. The van der Waals surface area contributed by atoms with Crippen molar-refractivity contribution < 1.29 is 4.79 Å². The van der Waals surface area contributed by atoms with Crippen molar-refractivity contribution in [3.8, 4) is 0 Å². The molecule has 3 N–H and O–H groups in total. The van der Waals surface area contributed by atoms with Crippen LogP contribution in [0.3, 0.4) is 0 Å². The normalized spacial score (nSPS) is 42.3. The Bertz CT molecular complexity index is 742. The molecule has 0 saturated heterocycles. The quantitative estimate of drug-likeness (QED) is 0.690. The van der Waals surface area contributed by atoms with Gasteiger partial charge in [0.2, 0.25) is 5.91 Å². The van der Waals surface area contributed by atoms with Crippen molar-refractivity contribution in [1.29, 1.82) is 0 Å². The molecular weight excluding hydrogens is 388 g/mol. The Kier molecular flexibility index (Phi) is 5.68. The maximum atomic E-state index is 13.5. The highest BCUT2D eigenvalue weighted by Gasteiger charge is 2.62. The van der Waals surface area contributed by atoms with Gasteiger partial charge in [-0.05, 0) is 110 Å². The zero-order valence-corrected chi connectivity index (χ0v) is 19.3. The molecule has 30 heavy (non-hydrogen) atoms. The number of hydrogen-bond donors (Lipinski definition) is 2. The molecule has 164 valence electrons. The summed E-state index contributed by atoms with van der Waals surface area (Å²) in [6, 6.07) is 11.6. The van der Waals surface area contributed by atoms with Crippen LogP contribution >= 0.6 is 11.8 Å². The summed E-state index contributed by atoms with van der Waals surface area (Å²) < 4.78 is 0. The topological polar surface area (TPSA) is 55.1 Å². The van der Waals surface area contributed by atoms with E-state index in [2.05, 4.69) is 41.9 Å². The number of thioether (sulfide) groups is 1. The van der Waals surface area contributed by atoms with Crippen molar-refractivity contribution >= 4 is 17.7 Å². The van der Waals surface area contributed by atoms with Crippen LogP contribution in [0.4, 0.5) is 0 Å². The van der Waals surface area contributed by atoms with Crippen LogP contribution in [0.5, 0.6) is 0 Å². The van der Waals surface area contributed by atoms with Crippen molar-refractivity contribution in [3.63, 3.8) is 0 Å². The van der Waals surface area contributed by atoms with Crippen molar-refractivity contribution in [2.24, 2.45) is 34.8 Å². The number of carbonyl (C=O) groups is 1. The molecule has 0 radical (unpaired) electrons. The van der Waals surface area contributed by atoms with Gasteiger partial charge < -0.3 is 11.1 Å². The first-order valence-corrected chi connectivity index (χ1v) is 13.5. The molecule has 1 aromatic rings. The van der Waals surface area contributed by atoms with Crippen LogP contribution in [0.1, 0.15) is 63.4 Å². The second-order valence-electron chi connectivity index (χ2n) is 11.1. The van der Waals surface area contributed by atoms with Crippen LogP contribution in [0.25, 0.3) is 0 Å². The summed E-state index contributed by atoms with van der Waals surface area (Å²) in [6.45, 7) is 0.798. The fourth-order valence-corrected chi connectivity index (χ4v) is 9.15. The zero-order valence-electron chi connectivity index (χ0n) is 18.4. The van der Waals surface area contributed by atoms with Crippen molar-refractivity contribution in [2.45, 2.75) is 69.2 Å². The lowest BCUT2D eigenvalue weighted by atomic mass is 9.40. The zero-order chi connectivity index (χ0) is 20.8. The molecule has 0 spiro atoms. The van der Waals surface area contributed by atoms with Crippen molar-refractivity contribution in [2.75, 3.05) is 18.6 Å². The molecule has 4 heteroatoms. The van der Waals surface area contributed by atoms with E-state index in [-0.39, 0.29) is 5.92 Å². The van der Waals surface area contributed by atoms with E-state index < -0.39 is 0 Å². The van der Waals surface area contributed by atoms with Crippen LogP contribution in [0.15, 0.2) is 30.3 Å². The van der Waals surface area contributed by atoms with E-state index in [1.54, 1.807) is 0 Å². The highest BCUT2D eigenvalue weighted by molar-refractivity contribution is 7.98. The molecule has 4 bridgehead atoms. The Morgan fingerprint density at radius 3 is 2.33 bits per heavy atom. The van der Waals surface area contributed by atoms with Gasteiger partial charge >= 0.3 is 0 Å². The SMILES string of the molecule is CSCC12CC3CC(c4ccccc4)(CC(C1)C3C(=O)N[C@H]1CC[C@H](CN)CC1)C2. The highest BCUT2D eigenvalue weighted by atomic mass is 32.2. The molecule has 3 nitrogen and oxygen atoms in total. The minimum atomic E-state index is 0.240. The van der Waals surface area contributed by atoms with Gasteiger partial charge in [0, 0.05) is 12.0 Å². The third-order valence-electron chi connectivity index (χ3n) is 9.09. The Balaban J connectivity index is 1.35. The molecule has 0 heterocycles. The van der Waals surface area contributed by atoms with Crippen LogP contribution < -0.4 is 11.1 Å². The van der Waals surface area contributed by atoms with Gasteiger partial charge in [-0.15, -0.1) is 0 Å². The number of rotatable bonds is 6. The molecule has 1 aromatic carbocycles. The summed E-state index contributed by atoms with van der Waals surface area (Å²) in [5, 5.41) is 3.50. The number of nitrogens with one attached hydrogen (secondary N) is 1.